The van der Waals surface area contributed by atoms with Crippen molar-refractivity contribution in [2.45, 2.75) is 5.33 Å². The zero-order chi connectivity index (χ0) is 11.7. The number of alkyl halides is 1. The fraction of sp³-hybridized carbons (Fsp3) is 0.200. The van der Waals surface area contributed by atoms with E-state index >= 15 is 0 Å². The van der Waals surface area contributed by atoms with Crippen LogP contribution in [0, 0.1) is 5.95 Å². The third-order valence-corrected chi connectivity index (χ3v) is 2.82. The first-order valence-corrected chi connectivity index (χ1v) is 5.59. The molecule has 0 spiro atoms. The van der Waals surface area contributed by atoms with Gasteiger partial charge in [0.1, 0.15) is 5.56 Å². The Morgan fingerprint density at radius 1 is 1.69 bits per heavy atom. The van der Waals surface area contributed by atoms with Crippen LogP contribution >= 0.6 is 15.9 Å². The third-order valence-electron chi connectivity index (χ3n) is 2.18. The van der Waals surface area contributed by atoms with E-state index in [1.807, 2.05) is 0 Å². The number of hydrogen-bond donors (Lipinski definition) is 0. The Kier molecular flexibility index (Phi) is 2.91. The molecule has 0 unspecified atom stereocenters. The molecule has 0 aliphatic heterocycles. The molecule has 2 aromatic rings. The number of fused-ring (bicyclic) bond motifs is 1. The minimum absolute atomic E-state index is 0.253. The van der Waals surface area contributed by atoms with E-state index in [9.17, 15) is 9.18 Å². The minimum Gasteiger partial charge on any atom is -0.465 e. The maximum atomic E-state index is 13.3. The average Bonchev–Trinajstić information content (AvgIpc) is 2.69. The highest BCUT2D eigenvalue weighted by Gasteiger charge is 2.15. The van der Waals surface area contributed by atoms with Crippen LogP contribution in [-0.4, -0.2) is 22.5 Å². The number of esters is 1. The van der Waals surface area contributed by atoms with Crippen LogP contribution in [0.5, 0.6) is 0 Å². The normalized spacial score (nSPS) is 10.7. The van der Waals surface area contributed by atoms with Crippen LogP contribution in [0.25, 0.3) is 5.65 Å². The molecule has 6 heteroatoms. The summed E-state index contributed by atoms with van der Waals surface area (Å²) in [5, 5.41) is 0.518. The second kappa shape index (κ2) is 4.21. The molecule has 2 aromatic heterocycles. The molecule has 0 aliphatic carbocycles. The first-order valence-electron chi connectivity index (χ1n) is 4.47. The Balaban J connectivity index is 2.74. The summed E-state index contributed by atoms with van der Waals surface area (Å²) in [7, 11) is 1.28. The molecular formula is C10H8BrFN2O2. The summed E-state index contributed by atoms with van der Waals surface area (Å²) in [6.07, 6.45) is 2.65. The van der Waals surface area contributed by atoms with E-state index in [1.165, 1.54) is 11.5 Å². The van der Waals surface area contributed by atoms with Gasteiger partial charge in [-0.3, -0.25) is 4.40 Å². The number of imidazole rings is 1. The molecular weight excluding hydrogens is 279 g/mol. The Labute approximate surface area is 99.2 Å². The summed E-state index contributed by atoms with van der Waals surface area (Å²) in [5.41, 5.74) is 1.28. The summed E-state index contributed by atoms with van der Waals surface area (Å²) in [6.45, 7) is 0. The van der Waals surface area contributed by atoms with Crippen LogP contribution in [0.15, 0.2) is 18.5 Å². The lowest BCUT2D eigenvalue weighted by Crippen LogP contribution is -2.06. The molecule has 0 aromatic carbocycles. The number of nitrogens with zero attached hydrogens (tertiary/aromatic N) is 2. The van der Waals surface area contributed by atoms with E-state index < -0.39 is 11.9 Å². The number of carbonyl (C=O) groups excluding carboxylic acids is 1. The maximum absolute atomic E-state index is 13.3. The van der Waals surface area contributed by atoms with E-state index in [4.69, 9.17) is 0 Å². The summed E-state index contributed by atoms with van der Waals surface area (Å²) in [4.78, 5) is 15.3. The van der Waals surface area contributed by atoms with Crippen molar-refractivity contribution in [1.82, 2.24) is 9.38 Å². The van der Waals surface area contributed by atoms with Gasteiger partial charge in [0.05, 0.1) is 13.3 Å². The largest absolute Gasteiger partial charge is 0.465 e. The van der Waals surface area contributed by atoms with Crippen LogP contribution in [0.3, 0.4) is 0 Å². The van der Waals surface area contributed by atoms with Gasteiger partial charge in [0.25, 0.3) is 0 Å². The van der Waals surface area contributed by atoms with E-state index in [2.05, 4.69) is 25.7 Å². The Morgan fingerprint density at radius 2 is 2.44 bits per heavy atom. The molecule has 0 saturated heterocycles. The molecule has 0 aliphatic rings. The van der Waals surface area contributed by atoms with Crippen LogP contribution < -0.4 is 0 Å². The third kappa shape index (κ3) is 1.69. The van der Waals surface area contributed by atoms with Gasteiger partial charge in [-0.1, -0.05) is 15.9 Å². The first-order chi connectivity index (χ1) is 7.67. The van der Waals surface area contributed by atoms with Gasteiger partial charge in [-0.05, 0) is 11.6 Å². The van der Waals surface area contributed by atoms with Gasteiger partial charge in [-0.25, -0.2) is 9.78 Å². The van der Waals surface area contributed by atoms with Gasteiger partial charge in [-0.15, -0.1) is 0 Å². The van der Waals surface area contributed by atoms with Crippen molar-refractivity contribution in [3.8, 4) is 0 Å². The van der Waals surface area contributed by atoms with Crippen molar-refractivity contribution in [3.63, 3.8) is 0 Å². The van der Waals surface area contributed by atoms with E-state index in [0.29, 0.717) is 5.33 Å². The SMILES string of the molecule is COC(=O)c1cc(CBr)cn2c(F)cnc12. The van der Waals surface area contributed by atoms with E-state index in [-0.39, 0.29) is 11.2 Å². The number of pyridine rings is 1. The topological polar surface area (TPSA) is 43.6 Å². The van der Waals surface area contributed by atoms with Crippen LogP contribution in [-0.2, 0) is 10.1 Å². The molecule has 16 heavy (non-hydrogen) atoms. The fourth-order valence-electron chi connectivity index (χ4n) is 1.45. The molecule has 0 atom stereocenters. The van der Waals surface area contributed by atoms with Crippen LogP contribution in [0.1, 0.15) is 15.9 Å². The standard InChI is InChI=1S/C10H8BrFN2O2/c1-16-10(15)7-2-6(3-11)5-14-8(12)4-13-9(7)14/h2,4-5H,3H2,1H3. The van der Waals surface area contributed by atoms with Crippen molar-refractivity contribution >= 4 is 27.5 Å². The number of hydrogen-bond acceptors (Lipinski definition) is 3. The summed E-state index contributed by atoms with van der Waals surface area (Å²) < 4.78 is 19.2. The van der Waals surface area contributed by atoms with E-state index in [0.717, 1.165) is 11.8 Å². The highest BCUT2D eigenvalue weighted by Crippen LogP contribution is 2.17. The van der Waals surface area contributed by atoms with Crippen molar-refractivity contribution in [1.29, 1.82) is 0 Å². The van der Waals surface area contributed by atoms with Gasteiger partial charge in [0, 0.05) is 11.5 Å². The van der Waals surface area contributed by atoms with Crippen molar-refractivity contribution in [2.75, 3.05) is 7.11 Å². The average molecular weight is 287 g/mol. The first kappa shape index (κ1) is 11.1. The molecule has 0 N–H and O–H groups in total. The van der Waals surface area contributed by atoms with Gasteiger partial charge in [0.15, 0.2) is 5.65 Å². The Morgan fingerprint density at radius 3 is 3.06 bits per heavy atom. The second-order valence-corrected chi connectivity index (χ2v) is 3.72. The highest BCUT2D eigenvalue weighted by molar-refractivity contribution is 9.08. The Hall–Kier alpha value is -1.43. The number of carbonyl (C=O) groups is 1. The summed E-state index contributed by atoms with van der Waals surface area (Å²) >= 11 is 3.25. The molecule has 84 valence electrons. The van der Waals surface area contributed by atoms with Crippen molar-refractivity contribution in [3.05, 3.63) is 35.5 Å². The molecule has 0 saturated carbocycles. The number of halogens is 2. The molecule has 2 heterocycles. The van der Waals surface area contributed by atoms with Crippen LogP contribution in [0.2, 0.25) is 0 Å². The number of methoxy groups -OCH3 is 1. The number of aromatic nitrogens is 2. The number of ether oxygens (including phenoxy) is 1. The molecule has 0 fully saturated rings. The van der Waals surface area contributed by atoms with Gasteiger partial charge in [-0.2, -0.15) is 4.39 Å². The van der Waals surface area contributed by atoms with Gasteiger partial charge < -0.3 is 4.74 Å². The Bertz CT molecular complexity index is 553. The fourth-order valence-corrected chi connectivity index (χ4v) is 1.76. The van der Waals surface area contributed by atoms with Gasteiger partial charge in [0.2, 0.25) is 5.95 Å². The smallest absolute Gasteiger partial charge is 0.341 e. The van der Waals surface area contributed by atoms with E-state index in [1.54, 1.807) is 12.3 Å². The van der Waals surface area contributed by atoms with Crippen LogP contribution in [0.4, 0.5) is 4.39 Å². The molecule has 0 radical (unpaired) electrons. The molecule has 0 bridgehead atoms. The second-order valence-electron chi connectivity index (χ2n) is 3.16. The predicted octanol–water partition coefficient (Wildman–Crippen LogP) is 2.15. The van der Waals surface area contributed by atoms with Crippen molar-refractivity contribution < 1.29 is 13.9 Å². The lowest BCUT2D eigenvalue weighted by Gasteiger charge is -2.04. The lowest BCUT2D eigenvalue weighted by molar-refractivity contribution is 0.0602. The predicted molar refractivity (Wildman–Crippen MR) is 59.1 cm³/mol. The molecule has 0 amide bonds. The highest BCUT2D eigenvalue weighted by atomic mass is 79.9. The molecule has 2 rings (SSSR count). The maximum Gasteiger partial charge on any atom is 0.341 e. The summed E-state index contributed by atoms with van der Waals surface area (Å²) in [6, 6.07) is 1.63. The van der Waals surface area contributed by atoms with Crippen molar-refractivity contribution in [2.24, 2.45) is 0 Å². The quantitative estimate of drug-likeness (QED) is 0.628. The monoisotopic (exact) mass is 286 g/mol. The molecule has 4 nitrogen and oxygen atoms in total. The zero-order valence-corrected chi connectivity index (χ0v) is 9.99. The minimum atomic E-state index is -0.529. The van der Waals surface area contributed by atoms with Gasteiger partial charge >= 0.3 is 5.97 Å². The zero-order valence-electron chi connectivity index (χ0n) is 8.41. The summed E-state index contributed by atoms with van der Waals surface area (Å²) in [5.74, 6) is -1.04. The lowest BCUT2D eigenvalue weighted by atomic mass is 10.2. The number of rotatable bonds is 2.